The molecule has 5 rings (SSSR count). The lowest BCUT2D eigenvalue weighted by molar-refractivity contribution is -0.137. The molecule has 0 amide bonds. The average molecular weight is 553 g/mol. The molecule has 0 atom stereocenters. The molecule has 0 aliphatic carbocycles. The number of rotatable bonds is 5. The maximum absolute atomic E-state index is 13.4. The minimum atomic E-state index is -4.44. The molecule has 0 bridgehead atoms. The number of benzene rings is 3. The van der Waals surface area contributed by atoms with E-state index in [0.717, 1.165) is 11.6 Å². The molecule has 3 aromatic carbocycles. The molecule has 0 unspecified atom stereocenters. The second-order valence-corrected chi connectivity index (χ2v) is 9.82. The molecular weight excluding hydrogens is 525 g/mol. The summed E-state index contributed by atoms with van der Waals surface area (Å²) < 4.78 is 51.6. The van der Waals surface area contributed by atoms with Crippen molar-refractivity contribution >= 4 is 22.6 Å². The van der Waals surface area contributed by atoms with Crippen LogP contribution in [0, 0.1) is 13.8 Å². The molecule has 4 aromatic rings. The average Bonchev–Trinajstić information content (AvgIpc) is 2.91. The zero-order chi connectivity index (χ0) is 28.6. The van der Waals surface area contributed by atoms with E-state index < -0.39 is 17.7 Å². The van der Waals surface area contributed by atoms with Gasteiger partial charge < -0.3 is 19.2 Å². The van der Waals surface area contributed by atoms with Gasteiger partial charge in [-0.25, -0.2) is 0 Å². The van der Waals surface area contributed by atoms with E-state index in [1.165, 1.54) is 18.2 Å². The number of aryl methyl sites for hydroxylation is 1. The number of aromatic hydroxyl groups is 1. The highest BCUT2D eigenvalue weighted by Gasteiger charge is 2.35. The Bertz CT molecular complexity index is 1620. The third-order valence-electron chi connectivity index (χ3n) is 6.97. The predicted molar refractivity (Wildman–Crippen MR) is 145 cm³/mol. The van der Waals surface area contributed by atoms with Gasteiger partial charge in [-0.15, -0.1) is 0 Å². The fraction of sp³-hybridized carbons (Fsp3) is 0.267. The molecule has 40 heavy (non-hydrogen) atoms. The topological polar surface area (TPSA) is 83.2 Å². The van der Waals surface area contributed by atoms with Crippen LogP contribution in [0.3, 0.4) is 0 Å². The molecule has 1 N–H and O–H groups in total. The molecule has 1 aliphatic rings. The number of alkyl halides is 3. The quantitative estimate of drug-likeness (QED) is 0.258. The van der Waals surface area contributed by atoms with E-state index in [-0.39, 0.29) is 34.4 Å². The highest BCUT2D eigenvalue weighted by molar-refractivity contribution is 5.86. The Balaban J connectivity index is 1.22. The zero-order valence-electron chi connectivity index (χ0n) is 21.9. The molecule has 1 aliphatic heterocycles. The summed E-state index contributed by atoms with van der Waals surface area (Å²) in [7, 11) is 0. The molecule has 7 nitrogen and oxygen atoms in total. The lowest BCUT2D eigenvalue weighted by Gasteiger charge is -2.36. The van der Waals surface area contributed by atoms with Crippen LogP contribution in [-0.4, -0.2) is 48.7 Å². The van der Waals surface area contributed by atoms with E-state index in [2.05, 4.69) is 0 Å². The first-order valence-corrected chi connectivity index (χ1v) is 12.7. The van der Waals surface area contributed by atoms with Crippen LogP contribution >= 0.6 is 0 Å². The number of phenolic OH excluding ortho intramolecular Hbond substituents is 1. The second kappa shape index (κ2) is 10.7. The van der Waals surface area contributed by atoms with Crippen molar-refractivity contribution in [1.82, 2.24) is 4.90 Å². The van der Waals surface area contributed by atoms with Crippen molar-refractivity contribution in [3.63, 3.8) is 0 Å². The van der Waals surface area contributed by atoms with E-state index in [4.69, 9.17) is 9.15 Å². The van der Waals surface area contributed by atoms with Crippen LogP contribution in [0.2, 0.25) is 0 Å². The minimum Gasteiger partial charge on any atom is -0.507 e. The largest absolute Gasteiger partial charge is 0.507 e. The van der Waals surface area contributed by atoms with Crippen LogP contribution in [0.15, 0.2) is 69.9 Å². The third kappa shape index (κ3) is 5.53. The van der Waals surface area contributed by atoms with Crippen LogP contribution in [0.4, 0.5) is 18.9 Å². The molecule has 1 aromatic heterocycles. The van der Waals surface area contributed by atoms with Crippen molar-refractivity contribution in [2.75, 3.05) is 37.6 Å². The van der Waals surface area contributed by atoms with E-state index in [1.807, 2.05) is 4.90 Å². The Hall–Kier alpha value is -4.31. The van der Waals surface area contributed by atoms with Gasteiger partial charge in [-0.2, -0.15) is 13.2 Å². The number of fused-ring (bicyclic) bond motifs is 1. The number of nitrogens with zero attached hydrogens (tertiary/aromatic N) is 2. The van der Waals surface area contributed by atoms with Crippen molar-refractivity contribution < 1.29 is 32.2 Å². The van der Waals surface area contributed by atoms with Gasteiger partial charge >= 0.3 is 12.1 Å². The molecule has 0 radical (unpaired) electrons. The smallest absolute Gasteiger partial charge is 0.418 e. The molecule has 2 heterocycles. The molecule has 1 fully saturated rings. The monoisotopic (exact) mass is 552 g/mol. The van der Waals surface area contributed by atoms with Crippen LogP contribution in [0.25, 0.3) is 22.3 Å². The maximum atomic E-state index is 13.4. The van der Waals surface area contributed by atoms with E-state index in [0.29, 0.717) is 48.8 Å². The fourth-order valence-electron chi connectivity index (χ4n) is 4.95. The van der Waals surface area contributed by atoms with E-state index >= 15 is 0 Å². The van der Waals surface area contributed by atoms with Gasteiger partial charge in [0.25, 0.3) is 0 Å². The molecule has 0 spiro atoms. The fourth-order valence-corrected chi connectivity index (χ4v) is 4.95. The number of anilines is 1. The van der Waals surface area contributed by atoms with Gasteiger partial charge in [-0.3, -0.25) is 14.5 Å². The zero-order valence-corrected chi connectivity index (χ0v) is 21.9. The normalized spacial score (nSPS) is 14.5. The molecule has 1 saturated heterocycles. The Morgan fingerprint density at radius 3 is 2.35 bits per heavy atom. The van der Waals surface area contributed by atoms with E-state index in [1.54, 1.807) is 55.1 Å². The van der Waals surface area contributed by atoms with Crippen LogP contribution in [0.5, 0.6) is 11.5 Å². The molecule has 0 saturated carbocycles. The Labute approximate surface area is 228 Å². The molecule has 10 heteroatoms. The Morgan fingerprint density at radius 2 is 1.68 bits per heavy atom. The summed E-state index contributed by atoms with van der Waals surface area (Å²) in [5.74, 6) is 0.0376. The highest BCUT2D eigenvalue weighted by Crippen LogP contribution is 2.37. The van der Waals surface area contributed by atoms with E-state index in [9.17, 15) is 27.9 Å². The lowest BCUT2D eigenvalue weighted by atomic mass is 10.0. The number of carbonyl (C=O) groups is 1. The summed E-state index contributed by atoms with van der Waals surface area (Å²) in [6.07, 6.45) is -4.44. The number of halogens is 3. The first-order chi connectivity index (χ1) is 19.0. The lowest BCUT2D eigenvalue weighted by Crippen LogP contribution is -2.48. The first kappa shape index (κ1) is 27.3. The standard InChI is InChI=1S/C30H27F3N2O5/c1-18-15-24(36)27-25(16-18)40-29(19(2)28(27)38)20-7-9-21(10-8-20)39-26(37)17-34-11-13-35(14-12-34)23-6-4-3-5-22(23)30(31,32)33/h3-10,15-16,36H,11-14,17H2,1-2H3. The van der Waals surface area contributed by atoms with Gasteiger partial charge in [-0.1, -0.05) is 12.1 Å². The number of hydrogen-bond acceptors (Lipinski definition) is 7. The number of hydrogen-bond donors (Lipinski definition) is 1. The van der Waals surface area contributed by atoms with Crippen molar-refractivity contribution in [2.45, 2.75) is 20.0 Å². The van der Waals surface area contributed by atoms with Gasteiger partial charge in [0.15, 0.2) is 5.43 Å². The Morgan fingerprint density at radius 1 is 1.00 bits per heavy atom. The summed E-state index contributed by atoms with van der Waals surface area (Å²) in [6.45, 7) is 4.93. The summed E-state index contributed by atoms with van der Waals surface area (Å²) in [5.41, 5.74) is 1.12. The van der Waals surface area contributed by atoms with Crippen molar-refractivity contribution in [2.24, 2.45) is 0 Å². The SMILES string of the molecule is Cc1cc(O)c2c(=O)c(C)c(-c3ccc(OC(=O)CN4CCN(c5ccccc5C(F)(F)F)CC4)cc3)oc2c1. The summed E-state index contributed by atoms with van der Waals surface area (Å²) in [6, 6.07) is 15.2. The van der Waals surface area contributed by atoms with Gasteiger partial charge in [-0.05, 0) is 67.9 Å². The summed E-state index contributed by atoms with van der Waals surface area (Å²) >= 11 is 0. The van der Waals surface area contributed by atoms with Gasteiger partial charge in [0.2, 0.25) is 0 Å². The third-order valence-corrected chi connectivity index (χ3v) is 6.97. The van der Waals surface area contributed by atoms with Crippen molar-refractivity contribution in [3.8, 4) is 22.8 Å². The molecular formula is C30H27F3N2O5. The second-order valence-electron chi connectivity index (χ2n) is 9.82. The van der Waals surface area contributed by atoms with Crippen molar-refractivity contribution in [3.05, 3.63) is 87.6 Å². The number of ether oxygens (including phenoxy) is 1. The number of esters is 1. The van der Waals surface area contributed by atoms with Crippen LogP contribution in [0.1, 0.15) is 16.7 Å². The summed E-state index contributed by atoms with van der Waals surface area (Å²) in [5, 5.41) is 10.3. The molecule has 208 valence electrons. The Kier molecular flexibility index (Phi) is 7.29. The minimum absolute atomic E-state index is 0.00197. The van der Waals surface area contributed by atoms with Gasteiger partial charge in [0.1, 0.15) is 28.2 Å². The highest BCUT2D eigenvalue weighted by atomic mass is 19.4. The van der Waals surface area contributed by atoms with Crippen LogP contribution in [-0.2, 0) is 11.0 Å². The number of phenols is 1. The number of para-hydroxylation sites is 1. The van der Waals surface area contributed by atoms with Gasteiger partial charge in [0.05, 0.1) is 12.1 Å². The maximum Gasteiger partial charge on any atom is 0.418 e. The number of piperazine rings is 1. The summed E-state index contributed by atoms with van der Waals surface area (Å²) in [4.78, 5) is 29.0. The van der Waals surface area contributed by atoms with Crippen LogP contribution < -0.4 is 15.1 Å². The predicted octanol–water partition coefficient (Wildman–Crippen LogP) is 5.53. The van der Waals surface area contributed by atoms with Crippen molar-refractivity contribution in [1.29, 1.82) is 0 Å². The number of carbonyl (C=O) groups excluding carboxylic acids is 1. The van der Waals surface area contributed by atoms with Gasteiger partial charge in [0, 0.05) is 43.0 Å². The first-order valence-electron chi connectivity index (χ1n) is 12.7.